The van der Waals surface area contributed by atoms with Crippen LogP contribution in [0.2, 0.25) is 0 Å². The van der Waals surface area contributed by atoms with Crippen LogP contribution >= 0.6 is 0 Å². The maximum Gasteiger partial charge on any atom is 0.260 e. The molecule has 5 nitrogen and oxygen atoms in total. The SMILES string of the molecule is O=C(COc1ccccc1Cc1ccccc1)N1CCCCC1C1OCCO1. The minimum Gasteiger partial charge on any atom is -0.483 e. The van der Waals surface area contributed by atoms with E-state index in [1.807, 2.05) is 41.3 Å². The Morgan fingerprint density at radius 3 is 2.57 bits per heavy atom. The molecule has 1 unspecified atom stereocenters. The summed E-state index contributed by atoms with van der Waals surface area (Å²) in [6.07, 6.45) is 3.51. The summed E-state index contributed by atoms with van der Waals surface area (Å²) in [7, 11) is 0. The third-order valence-electron chi connectivity index (χ3n) is 5.39. The molecule has 4 rings (SSSR count). The Kier molecular flexibility index (Phi) is 6.24. The van der Waals surface area contributed by atoms with Crippen LogP contribution in [0.25, 0.3) is 0 Å². The largest absolute Gasteiger partial charge is 0.483 e. The highest BCUT2D eigenvalue weighted by molar-refractivity contribution is 5.78. The lowest BCUT2D eigenvalue weighted by molar-refractivity contribution is -0.152. The molecule has 2 heterocycles. The smallest absolute Gasteiger partial charge is 0.260 e. The molecular formula is C23H27NO4. The average molecular weight is 381 g/mol. The van der Waals surface area contributed by atoms with Gasteiger partial charge < -0.3 is 19.1 Å². The zero-order valence-electron chi connectivity index (χ0n) is 16.1. The molecular weight excluding hydrogens is 354 g/mol. The van der Waals surface area contributed by atoms with Crippen LogP contribution in [0, 0.1) is 0 Å². The van der Waals surface area contributed by atoms with Crippen LogP contribution < -0.4 is 4.74 Å². The van der Waals surface area contributed by atoms with Gasteiger partial charge in [-0.3, -0.25) is 4.79 Å². The van der Waals surface area contributed by atoms with E-state index in [1.165, 1.54) is 5.56 Å². The molecule has 2 aliphatic heterocycles. The van der Waals surface area contributed by atoms with E-state index in [-0.39, 0.29) is 24.8 Å². The summed E-state index contributed by atoms with van der Waals surface area (Å²) in [5, 5.41) is 0. The molecule has 0 aliphatic carbocycles. The number of para-hydroxylation sites is 1. The lowest BCUT2D eigenvalue weighted by atomic mass is 10.0. The Morgan fingerprint density at radius 2 is 1.75 bits per heavy atom. The maximum absolute atomic E-state index is 12.9. The van der Waals surface area contributed by atoms with Gasteiger partial charge in [0.15, 0.2) is 12.9 Å². The van der Waals surface area contributed by atoms with Crippen molar-refractivity contribution in [2.24, 2.45) is 0 Å². The van der Waals surface area contributed by atoms with Gasteiger partial charge in [-0.05, 0) is 36.5 Å². The van der Waals surface area contributed by atoms with Crippen LogP contribution in [-0.2, 0) is 20.7 Å². The lowest BCUT2D eigenvalue weighted by Gasteiger charge is -2.37. The van der Waals surface area contributed by atoms with Crippen LogP contribution in [0.5, 0.6) is 5.75 Å². The standard InChI is InChI=1S/C23H27NO4/c25-22(24-13-7-6-11-20(24)23-26-14-15-27-23)17-28-21-12-5-4-10-19(21)16-18-8-2-1-3-9-18/h1-5,8-10,12,20,23H,6-7,11,13-17H2. The maximum atomic E-state index is 12.9. The van der Waals surface area contributed by atoms with Gasteiger partial charge in [0.2, 0.25) is 0 Å². The molecule has 28 heavy (non-hydrogen) atoms. The number of amides is 1. The molecule has 0 radical (unpaired) electrons. The van der Waals surface area contributed by atoms with Crippen molar-refractivity contribution in [3.05, 3.63) is 65.7 Å². The van der Waals surface area contributed by atoms with E-state index in [0.29, 0.717) is 13.2 Å². The summed E-state index contributed by atoms with van der Waals surface area (Å²) in [5.74, 6) is 0.764. The third-order valence-corrected chi connectivity index (χ3v) is 5.39. The fourth-order valence-electron chi connectivity index (χ4n) is 3.98. The molecule has 148 valence electrons. The van der Waals surface area contributed by atoms with Crippen LogP contribution in [0.4, 0.5) is 0 Å². The second-order valence-corrected chi connectivity index (χ2v) is 7.32. The first-order valence-electron chi connectivity index (χ1n) is 10.1. The van der Waals surface area contributed by atoms with Gasteiger partial charge in [0.1, 0.15) is 5.75 Å². The predicted molar refractivity (Wildman–Crippen MR) is 106 cm³/mol. The Labute approximate surface area is 166 Å². The number of hydrogen-bond acceptors (Lipinski definition) is 4. The highest BCUT2D eigenvalue weighted by atomic mass is 16.7. The molecule has 0 aromatic heterocycles. The van der Waals surface area contributed by atoms with E-state index in [9.17, 15) is 4.79 Å². The molecule has 5 heteroatoms. The molecule has 0 saturated carbocycles. The second-order valence-electron chi connectivity index (χ2n) is 7.32. The number of hydrogen-bond donors (Lipinski definition) is 0. The van der Waals surface area contributed by atoms with Gasteiger partial charge in [-0.15, -0.1) is 0 Å². The number of likely N-dealkylation sites (tertiary alicyclic amines) is 1. The molecule has 1 amide bonds. The third kappa shape index (κ3) is 4.54. The van der Waals surface area contributed by atoms with Gasteiger partial charge in [-0.1, -0.05) is 48.5 Å². The van der Waals surface area contributed by atoms with Crippen molar-refractivity contribution in [3.63, 3.8) is 0 Å². The van der Waals surface area contributed by atoms with Gasteiger partial charge in [-0.2, -0.15) is 0 Å². The summed E-state index contributed by atoms with van der Waals surface area (Å²) in [5.41, 5.74) is 2.30. The summed E-state index contributed by atoms with van der Waals surface area (Å²) < 4.78 is 17.3. The molecule has 2 aromatic rings. The number of piperidine rings is 1. The lowest BCUT2D eigenvalue weighted by Crippen LogP contribution is -2.51. The zero-order valence-corrected chi connectivity index (χ0v) is 16.1. The van der Waals surface area contributed by atoms with E-state index in [1.54, 1.807) is 0 Å². The Morgan fingerprint density at radius 1 is 1.00 bits per heavy atom. The predicted octanol–water partition coefficient (Wildman–Crippen LogP) is 3.41. The Bertz CT molecular complexity index is 773. The van der Waals surface area contributed by atoms with Crippen LogP contribution in [0.3, 0.4) is 0 Å². The zero-order chi connectivity index (χ0) is 19.2. The van der Waals surface area contributed by atoms with Gasteiger partial charge in [0.25, 0.3) is 5.91 Å². The summed E-state index contributed by atoms with van der Waals surface area (Å²) in [6.45, 7) is 1.98. The Balaban J connectivity index is 1.40. The monoisotopic (exact) mass is 381 g/mol. The summed E-state index contributed by atoms with van der Waals surface area (Å²) in [6, 6.07) is 18.2. The highest BCUT2D eigenvalue weighted by Crippen LogP contribution is 2.25. The average Bonchev–Trinajstić information content (AvgIpc) is 3.28. The van der Waals surface area contributed by atoms with E-state index in [4.69, 9.17) is 14.2 Å². The van der Waals surface area contributed by atoms with Gasteiger partial charge >= 0.3 is 0 Å². The first kappa shape index (κ1) is 19.0. The molecule has 1 atom stereocenters. The minimum atomic E-state index is -0.297. The second kappa shape index (κ2) is 9.22. The van der Waals surface area contributed by atoms with Crippen molar-refractivity contribution >= 4 is 5.91 Å². The van der Waals surface area contributed by atoms with Crippen LogP contribution in [0.1, 0.15) is 30.4 Å². The molecule has 2 aromatic carbocycles. The molecule has 2 aliphatic rings. The van der Waals surface area contributed by atoms with E-state index < -0.39 is 0 Å². The molecule has 0 N–H and O–H groups in total. The van der Waals surface area contributed by atoms with Gasteiger partial charge in [0.05, 0.1) is 19.3 Å². The van der Waals surface area contributed by atoms with Gasteiger partial charge in [-0.25, -0.2) is 0 Å². The molecule has 2 fully saturated rings. The minimum absolute atomic E-state index is 0.00156. The van der Waals surface area contributed by atoms with Crippen molar-refractivity contribution in [2.45, 2.75) is 38.0 Å². The topological polar surface area (TPSA) is 48.0 Å². The van der Waals surface area contributed by atoms with Gasteiger partial charge in [0, 0.05) is 13.0 Å². The highest BCUT2D eigenvalue weighted by Gasteiger charge is 2.36. The first-order chi connectivity index (χ1) is 13.8. The number of nitrogens with zero attached hydrogens (tertiary/aromatic N) is 1. The van der Waals surface area contributed by atoms with Crippen molar-refractivity contribution in [3.8, 4) is 5.75 Å². The van der Waals surface area contributed by atoms with Crippen molar-refractivity contribution in [1.29, 1.82) is 0 Å². The quantitative estimate of drug-likeness (QED) is 0.769. The summed E-state index contributed by atoms with van der Waals surface area (Å²) in [4.78, 5) is 14.8. The molecule has 0 spiro atoms. The van der Waals surface area contributed by atoms with Crippen LogP contribution in [0.15, 0.2) is 54.6 Å². The van der Waals surface area contributed by atoms with E-state index in [0.717, 1.165) is 43.5 Å². The van der Waals surface area contributed by atoms with Crippen molar-refractivity contribution in [2.75, 3.05) is 26.4 Å². The molecule has 0 bridgehead atoms. The number of rotatable bonds is 6. The van der Waals surface area contributed by atoms with Crippen LogP contribution in [-0.4, -0.2) is 49.5 Å². The fourth-order valence-corrected chi connectivity index (χ4v) is 3.98. The van der Waals surface area contributed by atoms with Crippen molar-refractivity contribution in [1.82, 2.24) is 4.90 Å². The fraction of sp³-hybridized carbons (Fsp3) is 0.435. The normalized spacial score (nSPS) is 20.3. The number of carbonyl (C=O) groups is 1. The number of carbonyl (C=O) groups excluding carboxylic acids is 1. The van der Waals surface area contributed by atoms with E-state index >= 15 is 0 Å². The number of benzene rings is 2. The van der Waals surface area contributed by atoms with E-state index in [2.05, 4.69) is 18.2 Å². The number of ether oxygens (including phenoxy) is 3. The summed E-state index contributed by atoms with van der Waals surface area (Å²) >= 11 is 0. The first-order valence-corrected chi connectivity index (χ1v) is 10.1. The Hall–Kier alpha value is -2.37. The molecule has 2 saturated heterocycles. The van der Waals surface area contributed by atoms with Crippen molar-refractivity contribution < 1.29 is 19.0 Å².